The summed E-state index contributed by atoms with van der Waals surface area (Å²) in [6.07, 6.45) is 1.86. The Balaban J connectivity index is 1.50. The lowest BCUT2D eigenvalue weighted by Gasteiger charge is -2.23. The van der Waals surface area contributed by atoms with Crippen LogP contribution in [0, 0.1) is 6.92 Å². The molecule has 35 heavy (non-hydrogen) atoms. The Kier molecular flexibility index (Phi) is 9.16. The normalized spacial score (nSPS) is 11.3. The molecule has 0 radical (unpaired) electrons. The third-order valence-electron chi connectivity index (χ3n) is 5.42. The number of benzene rings is 2. The Labute approximate surface area is 205 Å². The van der Waals surface area contributed by atoms with Crippen LogP contribution >= 0.6 is 0 Å². The summed E-state index contributed by atoms with van der Waals surface area (Å²) in [6, 6.07) is 19.4. The van der Waals surface area contributed by atoms with Crippen LogP contribution in [0.15, 0.2) is 71.9 Å². The van der Waals surface area contributed by atoms with E-state index < -0.39 is 22.6 Å². The zero-order chi connectivity index (χ0) is 25.3. The second-order valence-corrected chi connectivity index (χ2v) is 9.80. The molecule has 9 nitrogen and oxygen atoms in total. The Morgan fingerprint density at radius 2 is 1.66 bits per heavy atom. The van der Waals surface area contributed by atoms with Gasteiger partial charge in [-0.15, -0.1) is 0 Å². The summed E-state index contributed by atoms with van der Waals surface area (Å²) in [5.74, 6) is -0.431. The average Bonchev–Trinajstić information content (AvgIpc) is 3.20. The highest BCUT2D eigenvalue weighted by Crippen LogP contribution is 2.09. The van der Waals surface area contributed by atoms with Gasteiger partial charge < -0.3 is 14.2 Å². The van der Waals surface area contributed by atoms with Crippen molar-refractivity contribution in [2.24, 2.45) is 7.05 Å². The molecule has 0 aliphatic heterocycles. The molecule has 2 aromatic carbocycles. The van der Waals surface area contributed by atoms with Crippen molar-refractivity contribution in [2.45, 2.75) is 31.3 Å². The maximum absolute atomic E-state index is 12.9. The molecule has 3 rings (SSSR count). The third-order valence-corrected chi connectivity index (χ3v) is 6.75. The van der Waals surface area contributed by atoms with Gasteiger partial charge in [-0.25, -0.2) is 18.1 Å². The van der Waals surface area contributed by atoms with Gasteiger partial charge in [0.25, 0.3) is 15.9 Å². The van der Waals surface area contributed by atoms with E-state index in [4.69, 9.17) is 4.74 Å². The number of nitrogens with one attached hydrogen (secondary N) is 1. The molecule has 1 N–H and O–H groups in total. The van der Waals surface area contributed by atoms with Crippen LogP contribution in [0.1, 0.15) is 23.4 Å². The Morgan fingerprint density at radius 1 is 1.03 bits per heavy atom. The first-order chi connectivity index (χ1) is 16.7. The Bertz CT molecular complexity index is 1210. The first kappa shape index (κ1) is 26.1. The van der Waals surface area contributed by atoms with Crippen LogP contribution in [0.2, 0.25) is 0 Å². The van der Waals surface area contributed by atoms with Gasteiger partial charge in [0, 0.05) is 32.9 Å². The summed E-state index contributed by atoms with van der Waals surface area (Å²) >= 11 is 0. The van der Waals surface area contributed by atoms with Crippen LogP contribution in [0.5, 0.6) is 0 Å². The van der Waals surface area contributed by atoms with Crippen LogP contribution in [0.3, 0.4) is 0 Å². The molecule has 0 fully saturated rings. The number of hydrogen-bond donors (Lipinski definition) is 1. The fourth-order valence-electron chi connectivity index (χ4n) is 3.33. The number of carbonyl (C=O) groups excluding carboxylic acids is 2. The van der Waals surface area contributed by atoms with E-state index in [1.165, 1.54) is 6.20 Å². The molecule has 1 aromatic heterocycles. The maximum Gasteiger partial charge on any atom is 0.307 e. The number of aryl methyl sites for hydroxylation is 2. The SMILES string of the molecule is Cc1nc(S(=O)(=O)NCCC(=O)OCC(=O)N(CCc2ccccc2)Cc2ccccc2)cn1C. The zero-order valence-electron chi connectivity index (χ0n) is 19.9. The number of aromatic nitrogens is 2. The standard InChI is InChI=1S/C25H30N4O5S/c1-20-27-23(18-28(20)2)35(32,33)26-15-13-25(31)34-19-24(30)29(17-22-11-7-4-8-12-22)16-14-21-9-5-3-6-10-21/h3-12,18,26H,13-17,19H2,1-2H3. The van der Waals surface area contributed by atoms with Crippen molar-refractivity contribution in [1.82, 2.24) is 19.2 Å². The molecule has 0 bridgehead atoms. The molecule has 1 amide bonds. The van der Waals surface area contributed by atoms with E-state index in [1.54, 1.807) is 23.4 Å². The van der Waals surface area contributed by atoms with Gasteiger partial charge in [0.2, 0.25) is 0 Å². The Morgan fingerprint density at radius 3 is 2.26 bits per heavy atom. The van der Waals surface area contributed by atoms with Gasteiger partial charge in [-0.05, 0) is 24.5 Å². The summed E-state index contributed by atoms with van der Waals surface area (Å²) in [6.45, 7) is 1.99. The lowest BCUT2D eigenvalue weighted by atomic mass is 10.1. The van der Waals surface area contributed by atoms with Gasteiger partial charge in [-0.2, -0.15) is 0 Å². The minimum absolute atomic E-state index is 0.115. The van der Waals surface area contributed by atoms with Crippen molar-refractivity contribution < 1.29 is 22.7 Å². The molecule has 0 unspecified atom stereocenters. The average molecular weight is 499 g/mol. The fraction of sp³-hybridized carbons (Fsp3) is 0.320. The highest BCUT2D eigenvalue weighted by Gasteiger charge is 2.20. The van der Waals surface area contributed by atoms with Crippen molar-refractivity contribution >= 4 is 21.9 Å². The number of amides is 1. The van der Waals surface area contributed by atoms with E-state index in [-0.39, 0.29) is 23.9 Å². The fourth-order valence-corrected chi connectivity index (χ4v) is 4.40. The van der Waals surface area contributed by atoms with Crippen molar-refractivity contribution in [3.8, 4) is 0 Å². The zero-order valence-corrected chi connectivity index (χ0v) is 20.7. The van der Waals surface area contributed by atoms with Crippen molar-refractivity contribution in [3.05, 3.63) is 83.8 Å². The summed E-state index contributed by atoms with van der Waals surface area (Å²) in [4.78, 5) is 30.6. The number of carbonyl (C=O) groups is 2. The molecule has 10 heteroatoms. The van der Waals surface area contributed by atoms with Crippen molar-refractivity contribution in [1.29, 1.82) is 0 Å². The molecule has 186 valence electrons. The number of ether oxygens (including phenoxy) is 1. The minimum atomic E-state index is -3.84. The maximum atomic E-state index is 12.9. The summed E-state index contributed by atoms with van der Waals surface area (Å²) in [7, 11) is -2.14. The molecule has 0 spiro atoms. The number of esters is 1. The summed E-state index contributed by atoms with van der Waals surface area (Å²) < 4.78 is 33.6. The minimum Gasteiger partial charge on any atom is -0.456 e. The number of imidazole rings is 1. The van der Waals surface area contributed by atoms with E-state index in [9.17, 15) is 18.0 Å². The molecule has 0 saturated heterocycles. The van der Waals surface area contributed by atoms with Crippen LogP contribution in [0.25, 0.3) is 0 Å². The molecule has 0 aliphatic carbocycles. The molecule has 0 atom stereocenters. The van der Waals surface area contributed by atoms with Crippen LogP contribution < -0.4 is 4.72 Å². The van der Waals surface area contributed by atoms with Gasteiger partial charge in [0.15, 0.2) is 11.6 Å². The van der Waals surface area contributed by atoms with Crippen LogP contribution in [0.4, 0.5) is 0 Å². The second kappa shape index (κ2) is 12.3. The number of nitrogens with zero attached hydrogens (tertiary/aromatic N) is 3. The van der Waals surface area contributed by atoms with Crippen LogP contribution in [-0.2, 0) is 44.4 Å². The predicted molar refractivity (Wildman–Crippen MR) is 131 cm³/mol. The first-order valence-corrected chi connectivity index (χ1v) is 12.7. The summed E-state index contributed by atoms with van der Waals surface area (Å²) in [5.41, 5.74) is 2.07. The lowest BCUT2D eigenvalue weighted by Crippen LogP contribution is -2.36. The number of hydrogen-bond acceptors (Lipinski definition) is 6. The topological polar surface area (TPSA) is 111 Å². The van der Waals surface area contributed by atoms with Crippen molar-refractivity contribution in [3.63, 3.8) is 0 Å². The molecule has 0 saturated carbocycles. The first-order valence-electron chi connectivity index (χ1n) is 11.3. The van der Waals surface area contributed by atoms with E-state index in [2.05, 4.69) is 9.71 Å². The van der Waals surface area contributed by atoms with E-state index in [0.29, 0.717) is 25.3 Å². The van der Waals surface area contributed by atoms with Gasteiger partial charge in [-0.3, -0.25) is 9.59 Å². The van der Waals surface area contributed by atoms with E-state index in [1.807, 2.05) is 60.7 Å². The molecule has 0 aliphatic rings. The van der Waals surface area contributed by atoms with Gasteiger partial charge in [0.05, 0.1) is 6.42 Å². The second-order valence-electron chi connectivity index (χ2n) is 8.08. The predicted octanol–water partition coefficient (Wildman–Crippen LogP) is 2.21. The highest BCUT2D eigenvalue weighted by molar-refractivity contribution is 7.89. The number of sulfonamides is 1. The molecule has 1 heterocycles. The largest absolute Gasteiger partial charge is 0.456 e. The number of rotatable bonds is 12. The molecular weight excluding hydrogens is 468 g/mol. The van der Waals surface area contributed by atoms with Gasteiger partial charge in [-0.1, -0.05) is 60.7 Å². The third kappa shape index (κ3) is 8.04. The molecule has 3 aromatic rings. The van der Waals surface area contributed by atoms with Gasteiger partial charge in [0.1, 0.15) is 5.82 Å². The van der Waals surface area contributed by atoms with Crippen LogP contribution in [-0.4, -0.2) is 54.4 Å². The van der Waals surface area contributed by atoms with Gasteiger partial charge >= 0.3 is 5.97 Å². The Hall–Kier alpha value is -3.50. The summed E-state index contributed by atoms with van der Waals surface area (Å²) in [5, 5.41) is -0.115. The monoisotopic (exact) mass is 498 g/mol. The van der Waals surface area contributed by atoms with E-state index >= 15 is 0 Å². The highest BCUT2D eigenvalue weighted by atomic mass is 32.2. The van der Waals surface area contributed by atoms with Crippen molar-refractivity contribution in [2.75, 3.05) is 19.7 Å². The van der Waals surface area contributed by atoms with E-state index in [0.717, 1.165) is 11.1 Å². The molecular formula is C25H30N4O5S. The quantitative estimate of drug-likeness (QED) is 0.384. The lowest BCUT2D eigenvalue weighted by molar-refractivity contribution is -0.152. The smallest absolute Gasteiger partial charge is 0.307 e.